The van der Waals surface area contributed by atoms with Gasteiger partial charge in [-0.3, -0.25) is 0 Å². The number of halogens is 1. The van der Waals surface area contributed by atoms with E-state index in [9.17, 15) is 4.39 Å². The topological polar surface area (TPSA) is 44.5 Å². The molecule has 2 N–H and O–H groups in total. The molecule has 0 aliphatic carbocycles. The predicted octanol–water partition coefficient (Wildman–Crippen LogP) is 4.25. The van der Waals surface area contributed by atoms with Crippen LogP contribution in [0, 0.1) is 5.82 Å². The van der Waals surface area contributed by atoms with Crippen LogP contribution in [0.15, 0.2) is 24.3 Å². The summed E-state index contributed by atoms with van der Waals surface area (Å²) in [4.78, 5) is 0. The molecule has 0 saturated carbocycles. The van der Waals surface area contributed by atoms with Gasteiger partial charge < -0.3 is 14.9 Å². The van der Waals surface area contributed by atoms with Crippen LogP contribution < -0.4 is 5.73 Å². The fourth-order valence-corrected chi connectivity index (χ4v) is 2.74. The van der Waals surface area contributed by atoms with Crippen LogP contribution in [0.4, 0.5) is 4.39 Å². The Labute approximate surface area is 135 Å². The van der Waals surface area contributed by atoms with Crippen LogP contribution in [0.3, 0.4) is 0 Å². The Bertz CT molecular complexity index is 457. The molecule has 2 atom stereocenters. The van der Waals surface area contributed by atoms with Crippen LogP contribution in [0.25, 0.3) is 0 Å². The Kier molecular flexibility index (Phi) is 6.74. The highest BCUT2D eigenvalue weighted by Gasteiger charge is 2.37. The van der Waals surface area contributed by atoms with E-state index in [1.54, 1.807) is 12.1 Å². The highest BCUT2D eigenvalue weighted by molar-refractivity contribution is 6.74. The molecule has 0 radical (unpaired) electrons. The zero-order chi connectivity index (χ0) is 17.0. The molecule has 126 valence electrons. The molecule has 0 amide bonds. The van der Waals surface area contributed by atoms with Crippen LogP contribution in [0.1, 0.15) is 39.4 Å². The van der Waals surface area contributed by atoms with Crippen molar-refractivity contribution in [3.63, 3.8) is 0 Å². The summed E-state index contributed by atoms with van der Waals surface area (Å²) in [5.74, 6) is -0.240. The second kappa shape index (κ2) is 7.68. The van der Waals surface area contributed by atoms with Crippen molar-refractivity contribution >= 4 is 8.32 Å². The summed E-state index contributed by atoms with van der Waals surface area (Å²) in [5.41, 5.74) is 7.03. The first-order chi connectivity index (χ1) is 10.0. The van der Waals surface area contributed by atoms with Gasteiger partial charge in [-0.05, 0) is 42.8 Å². The normalized spacial score (nSPS) is 15.6. The Morgan fingerprint density at radius 3 is 2.18 bits per heavy atom. The average molecular weight is 328 g/mol. The average Bonchev–Trinajstić information content (AvgIpc) is 2.42. The number of hydrogen-bond donors (Lipinski definition) is 1. The Morgan fingerprint density at radius 1 is 1.14 bits per heavy atom. The second-order valence-electron chi connectivity index (χ2n) is 7.36. The third-order valence-corrected chi connectivity index (χ3v) is 8.86. The minimum atomic E-state index is -1.77. The molecule has 0 saturated heterocycles. The van der Waals surface area contributed by atoms with Gasteiger partial charge in [-0.1, -0.05) is 32.9 Å². The van der Waals surface area contributed by atoms with Gasteiger partial charge in [-0.25, -0.2) is 4.39 Å². The summed E-state index contributed by atoms with van der Waals surface area (Å²) in [6.07, 6.45) is -0.112. The second-order valence-corrected chi connectivity index (χ2v) is 12.2. The van der Waals surface area contributed by atoms with Crippen molar-refractivity contribution in [2.75, 3.05) is 13.2 Å². The molecule has 0 heterocycles. The molecule has 0 fully saturated rings. The Balaban J connectivity index is 2.40. The lowest BCUT2D eigenvalue weighted by molar-refractivity contribution is 0.0458. The lowest BCUT2D eigenvalue weighted by Crippen LogP contribution is -2.45. The smallest absolute Gasteiger partial charge is 0.192 e. The first-order valence-electron chi connectivity index (χ1n) is 7.79. The van der Waals surface area contributed by atoms with Crippen molar-refractivity contribution in [1.82, 2.24) is 0 Å². The molecule has 3 nitrogen and oxygen atoms in total. The van der Waals surface area contributed by atoms with E-state index in [1.165, 1.54) is 12.1 Å². The van der Waals surface area contributed by atoms with Crippen LogP contribution in [0.2, 0.25) is 18.1 Å². The van der Waals surface area contributed by atoms with E-state index in [1.807, 2.05) is 6.92 Å². The predicted molar refractivity (Wildman–Crippen MR) is 91.9 cm³/mol. The summed E-state index contributed by atoms with van der Waals surface area (Å²) >= 11 is 0. The van der Waals surface area contributed by atoms with E-state index in [2.05, 4.69) is 33.9 Å². The molecule has 0 unspecified atom stereocenters. The summed E-state index contributed by atoms with van der Waals surface area (Å²) in [6.45, 7) is 13.9. The number of benzene rings is 1. The molecule has 1 aromatic rings. The summed E-state index contributed by atoms with van der Waals surface area (Å²) < 4.78 is 24.8. The van der Waals surface area contributed by atoms with Crippen molar-refractivity contribution in [1.29, 1.82) is 0 Å². The quantitative estimate of drug-likeness (QED) is 0.761. The molecule has 0 spiro atoms. The third-order valence-electron chi connectivity index (χ3n) is 4.36. The van der Waals surface area contributed by atoms with E-state index in [4.69, 9.17) is 14.9 Å². The highest BCUT2D eigenvalue weighted by atomic mass is 28.4. The Hall–Kier alpha value is -0.753. The largest absolute Gasteiger partial charge is 0.415 e. The lowest BCUT2D eigenvalue weighted by atomic mass is 10.1. The standard InChI is InChI=1S/C17H30FNO2Si/c1-13(14-7-9-15(18)10-8-14)20-11-16(19)12-21-22(5,6)17(2,3)4/h7-10,13,16H,11-12,19H2,1-6H3/t13-,16-/m0/s1. The van der Waals surface area contributed by atoms with Gasteiger partial charge in [-0.15, -0.1) is 0 Å². The third kappa shape index (κ3) is 5.80. The molecule has 0 aliphatic heterocycles. The first-order valence-corrected chi connectivity index (χ1v) is 10.7. The summed E-state index contributed by atoms with van der Waals surface area (Å²) in [7, 11) is -1.77. The van der Waals surface area contributed by atoms with E-state index < -0.39 is 8.32 Å². The molecule has 5 heteroatoms. The summed E-state index contributed by atoms with van der Waals surface area (Å²) in [6, 6.07) is 6.19. The molecule has 1 aromatic carbocycles. The van der Waals surface area contributed by atoms with Gasteiger partial charge in [0.1, 0.15) is 5.82 Å². The monoisotopic (exact) mass is 327 g/mol. The molecule has 0 aliphatic rings. The summed E-state index contributed by atoms with van der Waals surface area (Å²) in [5, 5.41) is 0.176. The van der Waals surface area contributed by atoms with Crippen LogP contribution in [0.5, 0.6) is 0 Å². The van der Waals surface area contributed by atoms with Crippen LogP contribution in [-0.4, -0.2) is 27.6 Å². The fourth-order valence-electron chi connectivity index (χ4n) is 1.68. The molecular weight excluding hydrogens is 297 g/mol. The van der Waals surface area contributed by atoms with Gasteiger partial charge in [-0.2, -0.15) is 0 Å². The minimum absolute atomic E-state index is 0.112. The van der Waals surface area contributed by atoms with Crippen molar-refractivity contribution in [2.24, 2.45) is 5.73 Å². The molecule has 0 aromatic heterocycles. The van der Waals surface area contributed by atoms with E-state index in [0.717, 1.165) is 5.56 Å². The first kappa shape index (κ1) is 19.3. The highest BCUT2D eigenvalue weighted by Crippen LogP contribution is 2.36. The van der Waals surface area contributed by atoms with Crippen LogP contribution >= 0.6 is 0 Å². The zero-order valence-corrected chi connectivity index (χ0v) is 15.7. The number of ether oxygens (including phenoxy) is 1. The zero-order valence-electron chi connectivity index (χ0n) is 14.7. The van der Waals surface area contributed by atoms with Gasteiger partial charge >= 0.3 is 0 Å². The van der Waals surface area contributed by atoms with E-state index in [-0.39, 0.29) is 23.0 Å². The van der Waals surface area contributed by atoms with Crippen molar-refractivity contribution in [2.45, 2.75) is 58.0 Å². The van der Waals surface area contributed by atoms with Crippen LogP contribution in [-0.2, 0) is 9.16 Å². The SMILES string of the molecule is C[C@H](OC[C@H](N)CO[Si](C)(C)C(C)(C)C)c1ccc(F)cc1. The van der Waals surface area contributed by atoms with Gasteiger partial charge in [0, 0.05) is 0 Å². The lowest BCUT2D eigenvalue weighted by Gasteiger charge is -2.37. The van der Waals surface area contributed by atoms with E-state index >= 15 is 0 Å². The van der Waals surface area contributed by atoms with Crippen molar-refractivity contribution < 1.29 is 13.6 Å². The molecule has 22 heavy (non-hydrogen) atoms. The number of rotatable bonds is 7. The van der Waals surface area contributed by atoms with Gasteiger partial charge in [0.05, 0.1) is 25.4 Å². The van der Waals surface area contributed by atoms with Crippen molar-refractivity contribution in [3.05, 3.63) is 35.6 Å². The van der Waals surface area contributed by atoms with Gasteiger partial charge in [0.15, 0.2) is 8.32 Å². The van der Waals surface area contributed by atoms with Gasteiger partial charge in [0.2, 0.25) is 0 Å². The molecule has 0 bridgehead atoms. The maximum atomic E-state index is 12.9. The number of hydrogen-bond acceptors (Lipinski definition) is 3. The maximum Gasteiger partial charge on any atom is 0.192 e. The van der Waals surface area contributed by atoms with Crippen molar-refractivity contribution in [3.8, 4) is 0 Å². The fraction of sp³-hybridized carbons (Fsp3) is 0.647. The minimum Gasteiger partial charge on any atom is -0.415 e. The number of nitrogens with two attached hydrogens (primary N) is 1. The van der Waals surface area contributed by atoms with Gasteiger partial charge in [0.25, 0.3) is 0 Å². The Morgan fingerprint density at radius 2 is 1.68 bits per heavy atom. The molecule has 1 rings (SSSR count). The molecular formula is C17H30FNO2Si. The van der Waals surface area contributed by atoms with E-state index in [0.29, 0.717) is 13.2 Å². The maximum absolute atomic E-state index is 12.9.